The number of hydrogen-bond acceptors (Lipinski definition) is 4. The van der Waals surface area contributed by atoms with E-state index in [1.165, 1.54) is 13.0 Å². The average molecular weight is 375 g/mol. The first kappa shape index (κ1) is 21.6. The van der Waals surface area contributed by atoms with E-state index in [2.05, 4.69) is 16.0 Å². The van der Waals surface area contributed by atoms with E-state index in [4.69, 9.17) is 4.74 Å². The lowest BCUT2D eigenvalue weighted by Crippen LogP contribution is -2.44. The van der Waals surface area contributed by atoms with Gasteiger partial charge in [0.15, 0.2) is 0 Å². The van der Waals surface area contributed by atoms with Gasteiger partial charge >= 0.3 is 12.3 Å². The molecule has 146 valence electrons. The molecule has 1 aromatic carbocycles. The van der Waals surface area contributed by atoms with Gasteiger partial charge < -0.3 is 20.7 Å². The Morgan fingerprint density at radius 1 is 1.15 bits per heavy atom. The largest absolute Gasteiger partial charge is 0.444 e. The van der Waals surface area contributed by atoms with Crippen molar-refractivity contribution in [3.63, 3.8) is 0 Å². The number of carbonyl (C=O) groups excluding carboxylic acids is 2. The molecule has 26 heavy (non-hydrogen) atoms. The molecule has 1 atom stereocenters. The summed E-state index contributed by atoms with van der Waals surface area (Å²) in [7, 11) is 0. The first-order valence-electron chi connectivity index (χ1n) is 8.09. The van der Waals surface area contributed by atoms with Crippen LogP contribution in [0.15, 0.2) is 18.2 Å². The Morgan fingerprint density at radius 3 is 2.27 bits per heavy atom. The molecule has 2 amide bonds. The molecule has 1 aromatic rings. The molecule has 0 spiro atoms. The predicted octanol–water partition coefficient (Wildman–Crippen LogP) is 3.99. The number of ether oxygens (including phenoxy) is 1. The Hall–Kier alpha value is -2.45. The Kier molecular flexibility index (Phi) is 6.88. The van der Waals surface area contributed by atoms with Crippen molar-refractivity contribution in [1.29, 1.82) is 0 Å². The monoisotopic (exact) mass is 375 g/mol. The van der Waals surface area contributed by atoms with Gasteiger partial charge in [-0.1, -0.05) is 0 Å². The van der Waals surface area contributed by atoms with Crippen molar-refractivity contribution in [2.75, 3.05) is 17.2 Å². The van der Waals surface area contributed by atoms with E-state index in [9.17, 15) is 22.8 Å². The van der Waals surface area contributed by atoms with Crippen molar-refractivity contribution >= 4 is 23.4 Å². The highest BCUT2D eigenvalue weighted by atomic mass is 19.4. The first-order chi connectivity index (χ1) is 11.8. The summed E-state index contributed by atoms with van der Waals surface area (Å²) >= 11 is 0. The van der Waals surface area contributed by atoms with Gasteiger partial charge in [-0.3, -0.25) is 4.79 Å². The molecule has 0 bridgehead atoms. The number of alkyl halides is 3. The van der Waals surface area contributed by atoms with Crippen LogP contribution in [-0.2, 0) is 15.7 Å². The number of hydrogen-bond donors (Lipinski definition) is 3. The highest BCUT2D eigenvalue weighted by Crippen LogP contribution is 2.34. The van der Waals surface area contributed by atoms with Gasteiger partial charge in [0.2, 0.25) is 5.91 Å². The number of benzene rings is 1. The third kappa shape index (κ3) is 6.81. The van der Waals surface area contributed by atoms with Crippen LogP contribution in [0.25, 0.3) is 0 Å². The van der Waals surface area contributed by atoms with Crippen molar-refractivity contribution in [3.8, 4) is 0 Å². The second-order valence-corrected chi connectivity index (χ2v) is 6.65. The van der Waals surface area contributed by atoms with Gasteiger partial charge in [-0.15, -0.1) is 0 Å². The van der Waals surface area contributed by atoms with Crippen LogP contribution >= 0.6 is 0 Å². The lowest BCUT2D eigenvalue weighted by Gasteiger charge is -2.22. The Balaban J connectivity index is 2.86. The van der Waals surface area contributed by atoms with E-state index in [0.717, 1.165) is 12.1 Å². The maximum absolute atomic E-state index is 12.8. The summed E-state index contributed by atoms with van der Waals surface area (Å²) in [5.41, 5.74) is -1.22. The molecular weight excluding hydrogens is 351 g/mol. The minimum atomic E-state index is -4.49. The van der Waals surface area contributed by atoms with Gasteiger partial charge in [0.25, 0.3) is 0 Å². The Labute approximate surface area is 150 Å². The standard InChI is InChI=1S/C17H24F3N3O3/c1-6-21-13-9-11(17(18,19)20)7-8-12(13)23-14(24)10(2)22-15(25)26-16(3,4)5/h7-10,21H,6H2,1-5H3,(H,22,25)(H,23,24)/t10-/m1/s1. The topological polar surface area (TPSA) is 79.5 Å². The maximum atomic E-state index is 12.8. The fraction of sp³-hybridized carbons (Fsp3) is 0.529. The van der Waals surface area contributed by atoms with Crippen LogP contribution in [0, 0.1) is 0 Å². The van der Waals surface area contributed by atoms with Gasteiger partial charge in [0, 0.05) is 6.54 Å². The fourth-order valence-electron chi connectivity index (χ4n) is 1.96. The molecule has 0 radical (unpaired) electrons. The maximum Gasteiger partial charge on any atom is 0.416 e. The quantitative estimate of drug-likeness (QED) is 0.727. The van der Waals surface area contributed by atoms with Crippen LogP contribution in [0.3, 0.4) is 0 Å². The molecule has 0 aliphatic carbocycles. The number of alkyl carbamates (subject to hydrolysis) is 1. The predicted molar refractivity (Wildman–Crippen MR) is 93.1 cm³/mol. The second kappa shape index (κ2) is 8.29. The molecule has 0 aliphatic rings. The summed E-state index contributed by atoms with van der Waals surface area (Å²) in [4.78, 5) is 23.9. The van der Waals surface area contributed by atoms with Gasteiger partial charge in [0.05, 0.1) is 16.9 Å². The minimum absolute atomic E-state index is 0.139. The molecule has 0 aromatic heterocycles. The summed E-state index contributed by atoms with van der Waals surface area (Å²) in [5, 5.41) is 7.65. The molecule has 1 rings (SSSR count). The Morgan fingerprint density at radius 2 is 1.77 bits per heavy atom. The van der Waals surface area contributed by atoms with Crippen LogP contribution in [0.4, 0.5) is 29.3 Å². The van der Waals surface area contributed by atoms with Crippen LogP contribution in [0.5, 0.6) is 0 Å². The summed E-state index contributed by atoms with van der Waals surface area (Å²) in [6.45, 7) is 8.58. The van der Waals surface area contributed by atoms with Crippen molar-refractivity contribution < 1.29 is 27.5 Å². The van der Waals surface area contributed by atoms with E-state index in [0.29, 0.717) is 6.54 Å². The summed E-state index contributed by atoms with van der Waals surface area (Å²) in [6, 6.07) is 2.02. The van der Waals surface area contributed by atoms with Gasteiger partial charge in [-0.2, -0.15) is 13.2 Å². The fourth-order valence-corrected chi connectivity index (χ4v) is 1.96. The summed E-state index contributed by atoms with van der Waals surface area (Å²) in [5.74, 6) is -0.588. The molecule has 0 saturated heterocycles. The SMILES string of the molecule is CCNc1cc(C(F)(F)F)ccc1NC(=O)[C@@H](C)NC(=O)OC(C)(C)C. The molecular formula is C17H24F3N3O3. The number of amides is 2. The van der Waals surface area contributed by atoms with Gasteiger partial charge in [-0.05, 0) is 52.8 Å². The molecule has 0 unspecified atom stereocenters. The highest BCUT2D eigenvalue weighted by Gasteiger charge is 2.31. The van der Waals surface area contributed by atoms with Crippen molar-refractivity contribution in [2.45, 2.75) is 52.4 Å². The lowest BCUT2D eigenvalue weighted by molar-refractivity contribution is -0.137. The van der Waals surface area contributed by atoms with Crippen LogP contribution < -0.4 is 16.0 Å². The normalized spacial score (nSPS) is 12.9. The van der Waals surface area contributed by atoms with Crippen molar-refractivity contribution in [3.05, 3.63) is 23.8 Å². The molecule has 0 heterocycles. The van der Waals surface area contributed by atoms with Crippen molar-refractivity contribution in [2.24, 2.45) is 0 Å². The zero-order chi connectivity index (χ0) is 20.1. The number of anilines is 2. The number of carbonyl (C=O) groups is 2. The average Bonchev–Trinajstić information content (AvgIpc) is 2.45. The molecule has 0 aliphatic heterocycles. The van der Waals surface area contributed by atoms with Crippen molar-refractivity contribution in [1.82, 2.24) is 5.32 Å². The van der Waals surface area contributed by atoms with E-state index < -0.39 is 35.4 Å². The number of nitrogens with one attached hydrogen (secondary N) is 3. The van der Waals surface area contributed by atoms with E-state index in [-0.39, 0.29) is 11.4 Å². The Bertz CT molecular complexity index is 655. The van der Waals surface area contributed by atoms with Gasteiger partial charge in [-0.25, -0.2) is 4.79 Å². The van der Waals surface area contributed by atoms with E-state index in [1.807, 2.05) is 0 Å². The van der Waals surface area contributed by atoms with E-state index >= 15 is 0 Å². The molecule has 0 fully saturated rings. The molecule has 9 heteroatoms. The zero-order valence-electron chi connectivity index (χ0n) is 15.4. The second-order valence-electron chi connectivity index (χ2n) is 6.65. The minimum Gasteiger partial charge on any atom is -0.444 e. The van der Waals surface area contributed by atoms with Crippen LogP contribution in [-0.4, -0.2) is 30.2 Å². The zero-order valence-corrected chi connectivity index (χ0v) is 15.4. The van der Waals surface area contributed by atoms with Crippen LogP contribution in [0.2, 0.25) is 0 Å². The molecule has 6 nitrogen and oxygen atoms in total. The highest BCUT2D eigenvalue weighted by molar-refractivity contribution is 5.98. The molecule has 3 N–H and O–H groups in total. The third-order valence-electron chi connectivity index (χ3n) is 3.10. The lowest BCUT2D eigenvalue weighted by atomic mass is 10.1. The van der Waals surface area contributed by atoms with Gasteiger partial charge in [0.1, 0.15) is 11.6 Å². The smallest absolute Gasteiger partial charge is 0.416 e. The number of rotatable bonds is 5. The first-order valence-corrected chi connectivity index (χ1v) is 8.09. The number of halogens is 3. The molecule has 0 saturated carbocycles. The third-order valence-corrected chi connectivity index (χ3v) is 3.10. The van der Waals surface area contributed by atoms with E-state index in [1.54, 1.807) is 27.7 Å². The van der Waals surface area contributed by atoms with Crippen LogP contribution in [0.1, 0.15) is 40.2 Å². The summed E-state index contributed by atoms with van der Waals surface area (Å²) < 4.78 is 43.6. The summed E-state index contributed by atoms with van der Waals surface area (Å²) in [6.07, 6.45) is -5.25.